The van der Waals surface area contributed by atoms with Crippen molar-refractivity contribution in [3.8, 4) is 0 Å². The number of carbonyl (C=O) groups is 1. The number of amides is 1. The van der Waals surface area contributed by atoms with Crippen molar-refractivity contribution in [1.82, 2.24) is 15.5 Å². The fourth-order valence-electron chi connectivity index (χ4n) is 3.37. The minimum Gasteiger partial charge on any atom is -0.467 e. The van der Waals surface area contributed by atoms with Crippen LogP contribution in [0.1, 0.15) is 24.7 Å². The fourth-order valence-corrected chi connectivity index (χ4v) is 3.37. The van der Waals surface area contributed by atoms with Crippen LogP contribution >= 0.6 is 0 Å². The average Bonchev–Trinajstić information content (AvgIpc) is 3.36. The first-order chi connectivity index (χ1) is 13.2. The smallest absolute Gasteiger partial charge is 0.242 e. The molecule has 6 nitrogen and oxygen atoms in total. The van der Waals surface area contributed by atoms with Crippen LogP contribution in [0.15, 0.2) is 58.1 Å². The Morgan fingerprint density at radius 3 is 2.81 bits per heavy atom. The molecule has 1 saturated heterocycles. The summed E-state index contributed by atoms with van der Waals surface area (Å²) in [4.78, 5) is 18.8. The maximum atomic E-state index is 12.1. The van der Waals surface area contributed by atoms with E-state index in [2.05, 4.69) is 50.9 Å². The van der Waals surface area contributed by atoms with E-state index >= 15 is 0 Å². The third-order valence-electron chi connectivity index (χ3n) is 4.70. The van der Waals surface area contributed by atoms with Gasteiger partial charge in [-0.05, 0) is 43.4 Å². The SMILES string of the molecule is CCNC(=NCC(=O)NCc1ccco1)N1CCC(Cc2ccccc2)C1. The third-order valence-corrected chi connectivity index (χ3v) is 4.70. The number of furan rings is 1. The molecule has 0 bridgehead atoms. The molecule has 1 aliphatic rings. The number of rotatable bonds is 7. The molecule has 1 fully saturated rings. The lowest BCUT2D eigenvalue weighted by Crippen LogP contribution is -2.41. The van der Waals surface area contributed by atoms with E-state index < -0.39 is 0 Å². The Morgan fingerprint density at radius 2 is 2.07 bits per heavy atom. The number of aliphatic imine (C=N–C) groups is 1. The molecule has 144 valence electrons. The molecule has 27 heavy (non-hydrogen) atoms. The molecular formula is C21H28N4O2. The zero-order valence-corrected chi connectivity index (χ0v) is 15.9. The number of nitrogens with one attached hydrogen (secondary N) is 2. The summed E-state index contributed by atoms with van der Waals surface area (Å²) >= 11 is 0. The first kappa shape index (κ1) is 19.0. The summed E-state index contributed by atoms with van der Waals surface area (Å²) in [5, 5.41) is 6.14. The third kappa shape index (κ3) is 5.88. The van der Waals surface area contributed by atoms with E-state index in [1.807, 2.05) is 19.1 Å². The topological polar surface area (TPSA) is 69.9 Å². The van der Waals surface area contributed by atoms with Crippen molar-refractivity contribution in [2.75, 3.05) is 26.2 Å². The molecule has 0 radical (unpaired) electrons. The molecule has 0 saturated carbocycles. The summed E-state index contributed by atoms with van der Waals surface area (Å²) in [6.07, 6.45) is 3.83. The summed E-state index contributed by atoms with van der Waals surface area (Å²) in [6, 6.07) is 14.3. The fraction of sp³-hybridized carbons (Fsp3) is 0.429. The number of benzene rings is 1. The monoisotopic (exact) mass is 368 g/mol. The first-order valence-electron chi connectivity index (χ1n) is 9.61. The highest BCUT2D eigenvalue weighted by Gasteiger charge is 2.25. The van der Waals surface area contributed by atoms with Gasteiger partial charge in [0.15, 0.2) is 5.96 Å². The van der Waals surface area contributed by atoms with Gasteiger partial charge < -0.3 is 20.0 Å². The Bertz CT molecular complexity index is 728. The van der Waals surface area contributed by atoms with E-state index in [9.17, 15) is 4.79 Å². The van der Waals surface area contributed by atoms with Gasteiger partial charge in [0.2, 0.25) is 5.91 Å². The van der Waals surface area contributed by atoms with E-state index in [0.717, 1.165) is 44.2 Å². The molecular weight excluding hydrogens is 340 g/mol. The number of nitrogens with zero attached hydrogens (tertiary/aromatic N) is 2. The van der Waals surface area contributed by atoms with Crippen LogP contribution in [0.4, 0.5) is 0 Å². The molecule has 1 amide bonds. The normalized spacial score (nSPS) is 17.1. The van der Waals surface area contributed by atoms with Crippen molar-refractivity contribution in [3.63, 3.8) is 0 Å². The van der Waals surface area contributed by atoms with Crippen molar-refractivity contribution in [2.45, 2.75) is 26.3 Å². The van der Waals surface area contributed by atoms with Gasteiger partial charge in [0, 0.05) is 19.6 Å². The molecule has 0 aliphatic carbocycles. The first-order valence-corrected chi connectivity index (χ1v) is 9.61. The lowest BCUT2D eigenvalue weighted by Gasteiger charge is -2.21. The van der Waals surface area contributed by atoms with Crippen molar-refractivity contribution < 1.29 is 9.21 Å². The highest BCUT2D eigenvalue weighted by atomic mass is 16.3. The van der Waals surface area contributed by atoms with Gasteiger partial charge in [-0.25, -0.2) is 4.99 Å². The lowest BCUT2D eigenvalue weighted by molar-refractivity contribution is -0.119. The van der Waals surface area contributed by atoms with Gasteiger partial charge >= 0.3 is 0 Å². The summed E-state index contributed by atoms with van der Waals surface area (Å²) in [7, 11) is 0. The van der Waals surface area contributed by atoms with E-state index in [0.29, 0.717) is 12.5 Å². The summed E-state index contributed by atoms with van der Waals surface area (Å²) in [5.41, 5.74) is 1.38. The summed E-state index contributed by atoms with van der Waals surface area (Å²) in [5.74, 6) is 2.06. The number of hydrogen-bond acceptors (Lipinski definition) is 3. The zero-order valence-electron chi connectivity index (χ0n) is 15.9. The molecule has 3 rings (SSSR count). The molecule has 1 aromatic heterocycles. The second-order valence-electron chi connectivity index (χ2n) is 6.82. The molecule has 1 aromatic carbocycles. The standard InChI is InChI=1S/C21H28N4O2/c1-2-22-21(24-15-20(26)23-14-19-9-6-12-27-19)25-11-10-18(16-25)13-17-7-4-3-5-8-17/h3-9,12,18H,2,10-11,13-16H2,1H3,(H,22,24)(H,23,26). The van der Waals surface area contributed by atoms with Gasteiger partial charge in [-0.2, -0.15) is 0 Å². The molecule has 0 spiro atoms. The highest BCUT2D eigenvalue weighted by Crippen LogP contribution is 2.20. The average molecular weight is 368 g/mol. The number of guanidine groups is 1. The maximum absolute atomic E-state index is 12.1. The predicted octanol–water partition coefficient (Wildman–Crippen LogP) is 2.43. The molecule has 2 aromatic rings. The van der Waals surface area contributed by atoms with Crippen LogP contribution < -0.4 is 10.6 Å². The van der Waals surface area contributed by atoms with Crippen molar-refractivity contribution in [2.24, 2.45) is 10.9 Å². The van der Waals surface area contributed by atoms with Crippen molar-refractivity contribution in [1.29, 1.82) is 0 Å². The number of hydrogen-bond donors (Lipinski definition) is 2. The minimum atomic E-state index is -0.109. The van der Waals surface area contributed by atoms with Gasteiger partial charge in [0.05, 0.1) is 12.8 Å². The Morgan fingerprint density at radius 1 is 1.22 bits per heavy atom. The summed E-state index contributed by atoms with van der Waals surface area (Å²) < 4.78 is 5.22. The second kappa shape index (κ2) is 9.80. The Hall–Kier alpha value is -2.76. The molecule has 1 unspecified atom stereocenters. The van der Waals surface area contributed by atoms with Crippen molar-refractivity contribution in [3.05, 3.63) is 60.1 Å². The second-order valence-corrected chi connectivity index (χ2v) is 6.82. The van der Waals surface area contributed by atoms with Gasteiger partial charge in [0.1, 0.15) is 12.3 Å². The minimum absolute atomic E-state index is 0.109. The van der Waals surface area contributed by atoms with Gasteiger partial charge in [-0.15, -0.1) is 0 Å². The Balaban J connectivity index is 1.50. The van der Waals surface area contributed by atoms with Gasteiger partial charge in [0.25, 0.3) is 0 Å². The highest BCUT2D eigenvalue weighted by molar-refractivity contribution is 5.85. The maximum Gasteiger partial charge on any atom is 0.242 e. The number of carbonyl (C=O) groups excluding carboxylic acids is 1. The Labute approximate surface area is 160 Å². The van der Waals surface area contributed by atoms with Crippen LogP contribution in [0.3, 0.4) is 0 Å². The molecule has 6 heteroatoms. The van der Waals surface area contributed by atoms with Crippen LogP contribution in [0.25, 0.3) is 0 Å². The largest absolute Gasteiger partial charge is 0.467 e. The Kier molecular flexibility index (Phi) is 6.90. The van der Waals surface area contributed by atoms with E-state index in [1.54, 1.807) is 6.26 Å². The molecule has 2 N–H and O–H groups in total. The zero-order chi connectivity index (χ0) is 18.9. The van der Waals surface area contributed by atoms with Crippen LogP contribution in [0, 0.1) is 5.92 Å². The lowest BCUT2D eigenvalue weighted by atomic mass is 9.99. The van der Waals surface area contributed by atoms with Crippen LogP contribution in [-0.4, -0.2) is 42.9 Å². The van der Waals surface area contributed by atoms with E-state index in [1.165, 1.54) is 5.56 Å². The van der Waals surface area contributed by atoms with Crippen molar-refractivity contribution >= 4 is 11.9 Å². The summed E-state index contributed by atoms with van der Waals surface area (Å²) in [6.45, 7) is 5.27. The van der Waals surface area contributed by atoms with Gasteiger partial charge in [-0.1, -0.05) is 30.3 Å². The predicted molar refractivity (Wildman–Crippen MR) is 106 cm³/mol. The quantitative estimate of drug-likeness (QED) is 0.582. The van der Waals surface area contributed by atoms with Crippen LogP contribution in [0.2, 0.25) is 0 Å². The van der Waals surface area contributed by atoms with Crippen LogP contribution in [-0.2, 0) is 17.8 Å². The molecule has 1 atom stereocenters. The van der Waals surface area contributed by atoms with E-state index in [-0.39, 0.29) is 12.5 Å². The number of likely N-dealkylation sites (tertiary alicyclic amines) is 1. The van der Waals surface area contributed by atoms with Crippen LogP contribution in [0.5, 0.6) is 0 Å². The molecule has 1 aliphatic heterocycles. The van der Waals surface area contributed by atoms with E-state index in [4.69, 9.17) is 4.42 Å². The molecule has 2 heterocycles. The van der Waals surface area contributed by atoms with Gasteiger partial charge in [-0.3, -0.25) is 4.79 Å².